The van der Waals surface area contributed by atoms with Gasteiger partial charge in [0.15, 0.2) is 0 Å². The van der Waals surface area contributed by atoms with Gasteiger partial charge in [-0.3, -0.25) is 0 Å². The highest BCUT2D eigenvalue weighted by Gasteiger charge is 2.16. The van der Waals surface area contributed by atoms with E-state index in [1.165, 1.54) is 51.4 Å². The van der Waals surface area contributed by atoms with E-state index in [1.54, 1.807) is 0 Å². The summed E-state index contributed by atoms with van der Waals surface area (Å²) in [7, 11) is 0. The Labute approximate surface area is 109 Å². The van der Waals surface area contributed by atoms with Crippen LogP contribution in [0.25, 0.3) is 0 Å². The minimum Gasteiger partial charge on any atom is -0.393 e. The first-order chi connectivity index (χ1) is 8.09. The number of hydrogen-bond acceptors (Lipinski definition) is 1. The lowest BCUT2D eigenvalue weighted by Crippen LogP contribution is -2.22. The first-order valence-electron chi connectivity index (χ1n) is 7.77. The molecular formula is C16H34O. The highest BCUT2D eigenvalue weighted by atomic mass is 16.3. The van der Waals surface area contributed by atoms with Crippen LogP contribution in [0, 0.1) is 11.8 Å². The molecule has 2 unspecified atom stereocenters. The Balaban J connectivity index is 3.27. The number of aliphatic hydroxyl groups is 1. The predicted octanol–water partition coefficient (Wildman–Crippen LogP) is 5.17. The summed E-state index contributed by atoms with van der Waals surface area (Å²) in [4.78, 5) is 0. The van der Waals surface area contributed by atoms with Gasteiger partial charge in [0, 0.05) is 0 Å². The van der Waals surface area contributed by atoms with Crippen LogP contribution in [0.15, 0.2) is 0 Å². The largest absolute Gasteiger partial charge is 0.393 e. The zero-order chi connectivity index (χ0) is 13.1. The van der Waals surface area contributed by atoms with Crippen molar-refractivity contribution in [1.82, 2.24) is 0 Å². The van der Waals surface area contributed by atoms with Gasteiger partial charge < -0.3 is 5.11 Å². The molecule has 0 aliphatic rings. The standard InChI is InChI=1S/C16H34O/c1-5-6-7-8-9-10-11-12-13-16(17)15(4)14(2)3/h14-17H,5-13H2,1-4H3. The molecule has 0 spiro atoms. The molecule has 0 radical (unpaired) electrons. The van der Waals surface area contributed by atoms with Crippen LogP contribution < -0.4 is 0 Å². The predicted molar refractivity (Wildman–Crippen MR) is 77.2 cm³/mol. The first kappa shape index (κ1) is 17.0. The van der Waals surface area contributed by atoms with Crippen molar-refractivity contribution in [2.45, 2.75) is 91.6 Å². The second-order valence-electron chi connectivity index (χ2n) is 5.93. The molecule has 1 heteroatoms. The Morgan fingerprint density at radius 1 is 0.765 bits per heavy atom. The molecule has 0 rings (SSSR count). The number of unbranched alkanes of at least 4 members (excludes halogenated alkanes) is 7. The van der Waals surface area contributed by atoms with E-state index >= 15 is 0 Å². The van der Waals surface area contributed by atoms with Gasteiger partial charge in [-0.05, 0) is 18.3 Å². The lowest BCUT2D eigenvalue weighted by atomic mass is 9.89. The molecule has 0 aromatic carbocycles. The van der Waals surface area contributed by atoms with Gasteiger partial charge >= 0.3 is 0 Å². The van der Waals surface area contributed by atoms with E-state index < -0.39 is 0 Å². The average Bonchev–Trinajstić information content (AvgIpc) is 2.31. The average molecular weight is 242 g/mol. The van der Waals surface area contributed by atoms with Gasteiger partial charge in [-0.15, -0.1) is 0 Å². The maximum Gasteiger partial charge on any atom is 0.0568 e. The highest BCUT2D eigenvalue weighted by molar-refractivity contribution is 4.67. The Morgan fingerprint density at radius 2 is 1.24 bits per heavy atom. The summed E-state index contributed by atoms with van der Waals surface area (Å²) in [5.41, 5.74) is 0. The highest BCUT2D eigenvalue weighted by Crippen LogP contribution is 2.19. The number of aliphatic hydroxyl groups excluding tert-OH is 1. The van der Waals surface area contributed by atoms with Crippen molar-refractivity contribution in [1.29, 1.82) is 0 Å². The van der Waals surface area contributed by atoms with E-state index in [0.29, 0.717) is 11.8 Å². The molecule has 0 heterocycles. The summed E-state index contributed by atoms with van der Waals surface area (Å²) in [6, 6.07) is 0. The quantitative estimate of drug-likeness (QED) is 0.496. The summed E-state index contributed by atoms with van der Waals surface area (Å²) >= 11 is 0. The van der Waals surface area contributed by atoms with Gasteiger partial charge in [-0.1, -0.05) is 79.1 Å². The molecule has 0 bridgehead atoms. The van der Waals surface area contributed by atoms with Crippen molar-refractivity contribution >= 4 is 0 Å². The van der Waals surface area contributed by atoms with Gasteiger partial charge in [0.25, 0.3) is 0 Å². The van der Waals surface area contributed by atoms with Crippen LogP contribution >= 0.6 is 0 Å². The van der Waals surface area contributed by atoms with Crippen LogP contribution in [-0.4, -0.2) is 11.2 Å². The van der Waals surface area contributed by atoms with Crippen molar-refractivity contribution in [3.05, 3.63) is 0 Å². The molecule has 104 valence electrons. The van der Waals surface area contributed by atoms with E-state index in [0.717, 1.165) is 6.42 Å². The Bertz CT molecular complexity index is 154. The molecule has 2 atom stereocenters. The molecule has 0 saturated carbocycles. The number of rotatable bonds is 11. The second-order valence-corrected chi connectivity index (χ2v) is 5.93. The third kappa shape index (κ3) is 9.64. The molecule has 0 aliphatic heterocycles. The molecule has 0 aromatic heterocycles. The third-order valence-electron chi connectivity index (χ3n) is 4.01. The summed E-state index contributed by atoms with van der Waals surface area (Å²) in [5, 5.41) is 9.96. The zero-order valence-electron chi connectivity index (χ0n) is 12.5. The van der Waals surface area contributed by atoms with E-state index in [2.05, 4.69) is 27.7 Å². The van der Waals surface area contributed by atoms with Crippen molar-refractivity contribution in [3.8, 4) is 0 Å². The van der Waals surface area contributed by atoms with Gasteiger partial charge in [-0.2, -0.15) is 0 Å². The van der Waals surface area contributed by atoms with Crippen LogP contribution in [0.1, 0.15) is 85.5 Å². The minimum atomic E-state index is -0.0879. The number of hydrogen-bond donors (Lipinski definition) is 1. The van der Waals surface area contributed by atoms with Crippen molar-refractivity contribution in [2.75, 3.05) is 0 Å². The fourth-order valence-electron chi connectivity index (χ4n) is 2.19. The van der Waals surface area contributed by atoms with E-state index in [1.807, 2.05) is 0 Å². The van der Waals surface area contributed by atoms with Crippen LogP contribution in [0.2, 0.25) is 0 Å². The molecule has 17 heavy (non-hydrogen) atoms. The maximum absolute atomic E-state index is 9.96. The molecule has 1 nitrogen and oxygen atoms in total. The third-order valence-corrected chi connectivity index (χ3v) is 4.01. The Kier molecular flexibility index (Phi) is 11.0. The van der Waals surface area contributed by atoms with E-state index in [-0.39, 0.29) is 6.10 Å². The van der Waals surface area contributed by atoms with Crippen LogP contribution in [-0.2, 0) is 0 Å². The Morgan fingerprint density at radius 3 is 1.71 bits per heavy atom. The minimum absolute atomic E-state index is 0.0879. The van der Waals surface area contributed by atoms with E-state index in [4.69, 9.17) is 0 Å². The normalized spacial score (nSPS) is 15.2. The summed E-state index contributed by atoms with van der Waals surface area (Å²) in [6.07, 6.45) is 11.7. The zero-order valence-corrected chi connectivity index (χ0v) is 12.5. The second kappa shape index (κ2) is 11.1. The molecule has 0 saturated heterocycles. The maximum atomic E-state index is 9.96. The first-order valence-corrected chi connectivity index (χ1v) is 7.77. The monoisotopic (exact) mass is 242 g/mol. The fraction of sp³-hybridized carbons (Fsp3) is 1.00. The molecule has 0 aliphatic carbocycles. The molecule has 1 N–H and O–H groups in total. The lowest BCUT2D eigenvalue weighted by Gasteiger charge is -2.22. The van der Waals surface area contributed by atoms with E-state index in [9.17, 15) is 5.11 Å². The molecule has 0 aromatic rings. The van der Waals surface area contributed by atoms with Crippen molar-refractivity contribution < 1.29 is 5.11 Å². The van der Waals surface area contributed by atoms with Crippen LogP contribution in [0.5, 0.6) is 0 Å². The summed E-state index contributed by atoms with van der Waals surface area (Å²) in [5.74, 6) is 1.04. The molecule has 0 amide bonds. The fourth-order valence-corrected chi connectivity index (χ4v) is 2.19. The summed E-state index contributed by atoms with van der Waals surface area (Å²) < 4.78 is 0. The van der Waals surface area contributed by atoms with Crippen molar-refractivity contribution in [3.63, 3.8) is 0 Å². The van der Waals surface area contributed by atoms with Crippen molar-refractivity contribution in [2.24, 2.45) is 11.8 Å². The summed E-state index contributed by atoms with van der Waals surface area (Å²) in [6.45, 7) is 8.82. The Hall–Kier alpha value is -0.0400. The molecular weight excluding hydrogens is 208 g/mol. The SMILES string of the molecule is CCCCCCCCCCC(O)C(C)C(C)C. The van der Waals surface area contributed by atoms with Gasteiger partial charge in [0.05, 0.1) is 6.10 Å². The van der Waals surface area contributed by atoms with Gasteiger partial charge in [0.2, 0.25) is 0 Å². The molecule has 0 fully saturated rings. The van der Waals surface area contributed by atoms with Crippen LogP contribution in [0.3, 0.4) is 0 Å². The topological polar surface area (TPSA) is 20.2 Å². The van der Waals surface area contributed by atoms with Gasteiger partial charge in [0.1, 0.15) is 0 Å². The lowest BCUT2D eigenvalue weighted by molar-refractivity contribution is 0.0813. The van der Waals surface area contributed by atoms with Gasteiger partial charge in [-0.25, -0.2) is 0 Å². The smallest absolute Gasteiger partial charge is 0.0568 e. The van der Waals surface area contributed by atoms with Crippen LogP contribution in [0.4, 0.5) is 0 Å².